The van der Waals surface area contributed by atoms with Gasteiger partial charge in [0.25, 0.3) is 0 Å². The molecule has 1 aliphatic carbocycles. The number of benzene rings is 1. The number of hydrogen-bond acceptors (Lipinski definition) is 2. The van der Waals surface area contributed by atoms with Crippen LogP contribution in [0.5, 0.6) is 0 Å². The maximum absolute atomic E-state index is 13.0. The van der Waals surface area contributed by atoms with Crippen molar-refractivity contribution in [3.63, 3.8) is 0 Å². The molecular formula is C13H15BrFNO. The number of halogens is 2. The zero-order chi connectivity index (χ0) is 11.8. The Bertz CT molecular complexity index is 422. The molecular weight excluding hydrogens is 285 g/mol. The molecule has 2 unspecified atom stereocenters. The van der Waals surface area contributed by atoms with Crippen molar-refractivity contribution in [3.8, 4) is 0 Å². The average molecular weight is 300 g/mol. The van der Waals surface area contributed by atoms with E-state index >= 15 is 0 Å². The molecule has 2 nitrogen and oxygen atoms in total. The molecule has 17 heavy (non-hydrogen) atoms. The largest absolute Gasteiger partial charge is 0.367 e. The van der Waals surface area contributed by atoms with Gasteiger partial charge in [0.2, 0.25) is 0 Å². The van der Waals surface area contributed by atoms with Crippen molar-refractivity contribution in [2.75, 3.05) is 13.1 Å². The summed E-state index contributed by atoms with van der Waals surface area (Å²) in [5, 5.41) is 3.41. The standard InChI is InChI=1S/C13H15BrFNO/c14-11-5-9(15)3-4-10(11)13-7-16-6-12(17-13)8-1-2-8/h3-5,8,12-13,16H,1-2,6-7H2. The summed E-state index contributed by atoms with van der Waals surface area (Å²) in [6.45, 7) is 1.74. The Labute approximate surface area is 109 Å². The van der Waals surface area contributed by atoms with Crippen LogP contribution < -0.4 is 5.32 Å². The van der Waals surface area contributed by atoms with Crippen LogP contribution >= 0.6 is 15.9 Å². The summed E-state index contributed by atoms with van der Waals surface area (Å²) >= 11 is 3.41. The third-order valence-corrected chi connectivity index (χ3v) is 4.16. The SMILES string of the molecule is Fc1ccc(C2CNCC(C3CC3)O2)c(Br)c1. The first-order chi connectivity index (χ1) is 8.24. The molecule has 3 rings (SSSR count). The predicted molar refractivity (Wildman–Crippen MR) is 67.3 cm³/mol. The van der Waals surface area contributed by atoms with E-state index in [2.05, 4.69) is 21.2 Å². The molecule has 1 heterocycles. The van der Waals surface area contributed by atoms with Crippen LogP contribution in [-0.2, 0) is 4.74 Å². The van der Waals surface area contributed by atoms with Crippen molar-refractivity contribution in [2.45, 2.75) is 25.0 Å². The topological polar surface area (TPSA) is 21.3 Å². The maximum atomic E-state index is 13.0. The van der Waals surface area contributed by atoms with Gasteiger partial charge < -0.3 is 10.1 Å². The number of ether oxygens (including phenoxy) is 1. The first kappa shape index (κ1) is 11.6. The molecule has 2 fully saturated rings. The van der Waals surface area contributed by atoms with Crippen LogP contribution in [0, 0.1) is 11.7 Å². The molecule has 2 aliphatic rings. The van der Waals surface area contributed by atoms with Crippen LogP contribution in [0.3, 0.4) is 0 Å². The molecule has 92 valence electrons. The molecule has 1 saturated heterocycles. The molecule has 1 aliphatic heterocycles. The van der Waals surface area contributed by atoms with E-state index in [4.69, 9.17) is 4.74 Å². The summed E-state index contributed by atoms with van der Waals surface area (Å²) < 4.78 is 19.9. The molecule has 1 N–H and O–H groups in total. The zero-order valence-electron chi connectivity index (χ0n) is 9.46. The summed E-state index contributed by atoms with van der Waals surface area (Å²) in [6.07, 6.45) is 2.92. The van der Waals surface area contributed by atoms with Gasteiger partial charge in [0.1, 0.15) is 5.82 Å². The number of hydrogen-bond donors (Lipinski definition) is 1. The second-order valence-corrected chi connectivity index (χ2v) is 5.68. The Morgan fingerprint density at radius 1 is 1.29 bits per heavy atom. The minimum absolute atomic E-state index is 0.0318. The van der Waals surface area contributed by atoms with Gasteiger partial charge in [-0.3, -0.25) is 0 Å². The molecule has 1 saturated carbocycles. The lowest BCUT2D eigenvalue weighted by atomic mass is 10.1. The van der Waals surface area contributed by atoms with Crippen LogP contribution in [0.2, 0.25) is 0 Å². The minimum atomic E-state index is -0.219. The lowest BCUT2D eigenvalue weighted by Gasteiger charge is -2.31. The van der Waals surface area contributed by atoms with E-state index in [1.165, 1.54) is 25.0 Å². The molecule has 0 aromatic heterocycles. The van der Waals surface area contributed by atoms with Crippen LogP contribution in [0.15, 0.2) is 22.7 Å². The van der Waals surface area contributed by atoms with Crippen molar-refractivity contribution in [3.05, 3.63) is 34.1 Å². The van der Waals surface area contributed by atoms with Gasteiger partial charge in [0, 0.05) is 17.6 Å². The molecule has 0 radical (unpaired) electrons. The van der Waals surface area contributed by atoms with Gasteiger partial charge >= 0.3 is 0 Å². The van der Waals surface area contributed by atoms with Gasteiger partial charge in [-0.25, -0.2) is 4.39 Å². The number of rotatable bonds is 2. The van der Waals surface area contributed by atoms with E-state index < -0.39 is 0 Å². The summed E-state index contributed by atoms with van der Waals surface area (Å²) in [5.74, 6) is 0.507. The van der Waals surface area contributed by atoms with Gasteiger partial charge in [-0.15, -0.1) is 0 Å². The van der Waals surface area contributed by atoms with Crippen molar-refractivity contribution in [1.29, 1.82) is 0 Å². The monoisotopic (exact) mass is 299 g/mol. The summed E-state index contributed by atoms with van der Waals surface area (Å²) in [5.41, 5.74) is 1.03. The lowest BCUT2D eigenvalue weighted by molar-refractivity contribution is -0.0497. The van der Waals surface area contributed by atoms with Gasteiger partial charge in [-0.2, -0.15) is 0 Å². The molecule has 2 atom stereocenters. The van der Waals surface area contributed by atoms with Gasteiger partial charge in [-0.05, 0) is 36.5 Å². The van der Waals surface area contributed by atoms with Gasteiger partial charge in [-0.1, -0.05) is 22.0 Å². The number of nitrogens with one attached hydrogen (secondary N) is 1. The lowest BCUT2D eigenvalue weighted by Crippen LogP contribution is -2.41. The normalized spacial score (nSPS) is 29.3. The van der Waals surface area contributed by atoms with Crippen LogP contribution in [0.1, 0.15) is 24.5 Å². The summed E-state index contributed by atoms with van der Waals surface area (Å²) in [7, 11) is 0. The molecule has 0 amide bonds. The zero-order valence-corrected chi connectivity index (χ0v) is 11.0. The fourth-order valence-corrected chi connectivity index (χ4v) is 2.96. The smallest absolute Gasteiger partial charge is 0.124 e. The van der Waals surface area contributed by atoms with Crippen molar-refractivity contribution in [1.82, 2.24) is 5.32 Å². The fraction of sp³-hybridized carbons (Fsp3) is 0.538. The minimum Gasteiger partial charge on any atom is -0.367 e. The van der Waals surface area contributed by atoms with E-state index in [0.717, 1.165) is 29.0 Å². The maximum Gasteiger partial charge on any atom is 0.124 e. The molecule has 0 bridgehead atoms. The van der Waals surface area contributed by atoms with Crippen LogP contribution in [-0.4, -0.2) is 19.2 Å². The first-order valence-corrected chi connectivity index (χ1v) is 6.84. The number of morpholine rings is 1. The van der Waals surface area contributed by atoms with Crippen LogP contribution in [0.25, 0.3) is 0 Å². The second-order valence-electron chi connectivity index (χ2n) is 4.82. The molecule has 1 aromatic rings. The van der Waals surface area contributed by atoms with Crippen molar-refractivity contribution < 1.29 is 9.13 Å². The average Bonchev–Trinajstić information content (AvgIpc) is 3.13. The highest BCUT2D eigenvalue weighted by Crippen LogP contribution is 2.38. The Balaban J connectivity index is 1.77. The van der Waals surface area contributed by atoms with Gasteiger partial charge in [0.05, 0.1) is 12.2 Å². The van der Waals surface area contributed by atoms with Gasteiger partial charge in [0.15, 0.2) is 0 Å². The second kappa shape index (κ2) is 4.67. The summed E-state index contributed by atoms with van der Waals surface area (Å²) in [6, 6.07) is 4.80. The van der Waals surface area contributed by atoms with Crippen molar-refractivity contribution >= 4 is 15.9 Å². The van der Waals surface area contributed by atoms with E-state index in [9.17, 15) is 4.39 Å². The van der Waals surface area contributed by atoms with E-state index in [1.54, 1.807) is 6.07 Å². The quantitative estimate of drug-likeness (QED) is 0.906. The summed E-state index contributed by atoms with van der Waals surface area (Å²) in [4.78, 5) is 0. The van der Waals surface area contributed by atoms with Crippen LogP contribution in [0.4, 0.5) is 4.39 Å². The third kappa shape index (κ3) is 2.54. The van der Waals surface area contributed by atoms with E-state index in [0.29, 0.717) is 6.10 Å². The van der Waals surface area contributed by atoms with E-state index in [-0.39, 0.29) is 11.9 Å². The van der Waals surface area contributed by atoms with Crippen molar-refractivity contribution in [2.24, 2.45) is 5.92 Å². The Morgan fingerprint density at radius 2 is 2.12 bits per heavy atom. The molecule has 0 spiro atoms. The predicted octanol–water partition coefficient (Wildman–Crippen LogP) is 3.03. The highest BCUT2D eigenvalue weighted by Gasteiger charge is 2.36. The first-order valence-electron chi connectivity index (χ1n) is 6.05. The Kier molecular flexibility index (Phi) is 3.19. The van der Waals surface area contributed by atoms with E-state index in [1.807, 2.05) is 0 Å². The molecule has 4 heteroatoms. The fourth-order valence-electron chi connectivity index (χ4n) is 2.36. The Hall–Kier alpha value is -0.450. The third-order valence-electron chi connectivity index (χ3n) is 3.47. The Morgan fingerprint density at radius 3 is 2.82 bits per heavy atom. The highest BCUT2D eigenvalue weighted by atomic mass is 79.9. The highest BCUT2D eigenvalue weighted by molar-refractivity contribution is 9.10. The molecule has 1 aromatic carbocycles.